The van der Waals surface area contributed by atoms with Gasteiger partial charge in [-0.3, -0.25) is 4.90 Å². The molecule has 0 saturated carbocycles. The first-order valence-electron chi connectivity index (χ1n) is 9.27. The molecule has 2 aromatic rings. The maximum atomic E-state index is 12.2. The molecule has 1 fully saturated rings. The summed E-state index contributed by atoms with van der Waals surface area (Å²) in [6, 6.07) is 11.6. The minimum absolute atomic E-state index is 0.295. The van der Waals surface area contributed by atoms with Crippen LogP contribution in [0.5, 0.6) is 0 Å². The molecular weight excluding hydrogens is 360 g/mol. The number of nitrogens with zero attached hydrogens (tertiary/aromatic N) is 4. The van der Waals surface area contributed by atoms with Gasteiger partial charge in [-0.15, -0.1) is 0 Å². The average Bonchev–Trinajstić information content (AvgIpc) is 2.68. The van der Waals surface area contributed by atoms with Gasteiger partial charge in [0.25, 0.3) is 0 Å². The molecule has 0 atom stereocenters. The monoisotopic (exact) mass is 388 g/mol. The molecule has 0 unspecified atom stereocenters. The van der Waals surface area contributed by atoms with Crippen LogP contribution in [0.15, 0.2) is 47.5 Å². The van der Waals surface area contributed by atoms with Gasteiger partial charge in [0.05, 0.1) is 4.90 Å². The lowest BCUT2D eigenvalue weighted by Gasteiger charge is -2.37. The molecule has 1 aromatic heterocycles. The van der Waals surface area contributed by atoms with Crippen molar-refractivity contribution in [3.8, 4) is 11.1 Å². The Morgan fingerprint density at radius 1 is 0.926 bits per heavy atom. The van der Waals surface area contributed by atoms with Crippen LogP contribution in [0.4, 0.5) is 5.82 Å². The van der Waals surface area contributed by atoms with Gasteiger partial charge in [0.2, 0.25) is 10.0 Å². The van der Waals surface area contributed by atoms with Crippen LogP contribution in [0.3, 0.4) is 0 Å². The summed E-state index contributed by atoms with van der Waals surface area (Å²) in [5.74, 6) is 0.994. The molecule has 2 heterocycles. The molecule has 0 bridgehead atoms. The highest BCUT2D eigenvalue weighted by molar-refractivity contribution is 7.89. The number of hydrogen-bond donors (Lipinski definition) is 0. The lowest BCUT2D eigenvalue weighted by molar-refractivity contribution is 0.209. The lowest BCUT2D eigenvalue weighted by Crippen LogP contribution is -2.49. The van der Waals surface area contributed by atoms with E-state index in [-0.39, 0.29) is 0 Å². The highest BCUT2D eigenvalue weighted by Gasteiger charge is 2.20. The summed E-state index contributed by atoms with van der Waals surface area (Å²) >= 11 is 0. The number of aromatic nitrogens is 1. The van der Waals surface area contributed by atoms with E-state index in [1.165, 1.54) is 18.4 Å². The molecule has 0 aliphatic carbocycles. The number of sulfonamides is 1. The summed E-state index contributed by atoms with van der Waals surface area (Å²) in [7, 11) is -0.332. The molecule has 0 N–H and O–H groups in total. The second kappa shape index (κ2) is 7.96. The van der Waals surface area contributed by atoms with Gasteiger partial charge in [-0.1, -0.05) is 12.1 Å². The average molecular weight is 389 g/mol. The SMILES string of the molecule is CC(C)N1CCN(c2ccc(-c3ccc(S(=O)(=O)N(C)C)cc3)cn2)CC1. The van der Waals surface area contributed by atoms with Crippen LogP contribution in [0.25, 0.3) is 11.1 Å². The highest BCUT2D eigenvalue weighted by atomic mass is 32.2. The van der Waals surface area contributed by atoms with E-state index >= 15 is 0 Å². The Balaban J connectivity index is 1.71. The van der Waals surface area contributed by atoms with Gasteiger partial charge in [0.15, 0.2) is 0 Å². The molecule has 7 heteroatoms. The topological polar surface area (TPSA) is 56.8 Å². The normalized spacial score (nSPS) is 16.3. The number of hydrogen-bond acceptors (Lipinski definition) is 5. The molecule has 146 valence electrons. The van der Waals surface area contributed by atoms with Crippen LogP contribution < -0.4 is 4.90 Å². The van der Waals surface area contributed by atoms with Crippen molar-refractivity contribution in [3.05, 3.63) is 42.6 Å². The van der Waals surface area contributed by atoms with Crippen LogP contribution in [0.1, 0.15) is 13.8 Å². The Morgan fingerprint density at radius 3 is 2.00 bits per heavy atom. The van der Waals surface area contributed by atoms with Gasteiger partial charge in [-0.2, -0.15) is 0 Å². The maximum Gasteiger partial charge on any atom is 0.242 e. The zero-order chi connectivity index (χ0) is 19.6. The Bertz CT molecular complexity index is 854. The van der Waals surface area contributed by atoms with Crippen molar-refractivity contribution >= 4 is 15.8 Å². The van der Waals surface area contributed by atoms with E-state index in [0.29, 0.717) is 10.9 Å². The molecule has 6 nitrogen and oxygen atoms in total. The van der Waals surface area contributed by atoms with E-state index in [1.54, 1.807) is 12.1 Å². The summed E-state index contributed by atoms with van der Waals surface area (Å²) in [6.07, 6.45) is 1.86. The molecule has 0 spiro atoms. The third-order valence-electron chi connectivity index (χ3n) is 5.08. The summed E-state index contributed by atoms with van der Waals surface area (Å²) < 4.78 is 25.6. The van der Waals surface area contributed by atoms with Crippen molar-refractivity contribution in [3.63, 3.8) is 0 Å². The molecule has 0 amide bonds. The van der Waals surface area contributed by atoms with Crippen molar-refractivity contribution in [2.75, 3.05) is 45.2 Å². The second-order valence-corrected chi connectivity index (χ2v) is 9.49. The first kappa shape index (κ1) is 19.8. The fourth-order valence-electron chi connectivity index (χ4n) is 3.24. The summed E-state index contributed by atoms with van der Waals surface area (Å²) in [5, 5.41) is 0. The van der Waals surface area contributed by atoms with Crippen molar-refractivity contribution < 1.29 is 8.42 Å². The molecule has 0 radical (unpaired) electrons. The Kier molecular flexibility index (Phi) is 5.83. The van der Waals surface area contributed by atoms with E-state index in [1.807, 2.05) is 30.5 Å². The second-order valence-electron chi connectivity index (χ2n) is 7.33. The van der Waals surface area contributed by atoms with Gasteiger partial charge in [-0.05, 0) is 43.7 Å². The lowest BCUT2D eigenvalue weighted by atomic mass is 10.1. The van der Waals surface area contributed by atoms with Crippen molar-refractivity contribution in [2.24, 2.45) is 0 Å². The largest absolute Gasteiger partial charge is 0.354 e. The predicted octanol–water partition coefficient (Wildman–Crippen LogP) is 2.53. The van der Waals surface area contributed by atoms with E-state index < -0.39 is 10.0 Å². The maximum absolute atomic E-state index is 12.2. The fraction of sp³-hybridized carbons (Fsp3) is 0.450. The van der Waals surface area contributed by atoms with Gasteiger partial charge in [0.1, 0.15) is 5.82 Å². The minimum Gasteiger partial charge on any atom is -0.354 e. The van der Waals surface area contributed by atoms with Crippen LogP contribution >= 0.6 is 0 Å². The molecule has 27 heavy (non-hydrogen) atoms. The predicted molar refractivity (Wildman–Crippen MR) is 109 cm³/mol. The van der Waals surface area contributed by atoms with E-state index in [4.69, 9.17) is 0 Å². The first-order chi connectivity index (χ1) is 12.8. The van der Waals surface area contributed by atoms with Crippen molar-refractivity contribution in [2.45, 2.75) is 24.8 Å². The molecule has 1 aliphatic heterocycles. The first-order valence-corrected chi connectivity index (χ1v) is 10.7. The van der Waals surface area contributed by atoms with E-state index in [9.17, 15) is 8.42 Å². The number of anilines is 1. The molecule has 1 aliphatic rings. The zero-order valence-corrected chi connectivity index (χ0v) is 17.3. The van der Waals surface area contributed by atoms with E-state index in [2.05, 4.69) is 28.6 Å². The Morgan fingerprint density at radius 2 is 1.52 bits per heavy atom. The summed E-state index contributed by atoms with van der Waals surface area (Å²) in [6.45, 7) is 8.56. The van der Waals surface area contributed by atoms with Gasteiger partial charge >= 0.3 is 0 Å². The van der Waals surface area contributed by atoms with Crippen LogP contribution in [-0.2, 0) is 10.0 Å². The van der Waals surface area contributed by atoms with Crippen LogP contribution in [-0.4, -0.2) is 68.9 Å². The Hall–Kier alpha value is -1.96. The quantitative estimate of drug-likeness (QED) is 0.788. The van der Waals surface area contributed by atoms with Gasteiger partial charge < -0.3 is 4.90 Å². The fourth-order valence-corrected chi connectivity index (χ4v) is 4.14. The minimum atomic E-state index is -3.40. The molecule has 1 saturated heterocycles. The summed E-state index contributed by atoms with van der Waals surface area (Å²) in [4.78, 5) is 9.72. The van der Waals surface area contributed by atoms with Gasteiger partial charge in [0, 0.05) is 58.1 Å². The zero-order valence-electron chi connectivity index (χ0n) is 16.5. The van der Waals surface area contributed by atoms with Crippen LogP contribution in [0.2, 0.25) is 0 Å². The molecular formula is C20H28N4O2S. The third kappa shape index (κ3) is 4.31. The third-order valence-corrected chi connectivity index (χ3v) is 6.91. The number of benzene rings is 1. The van der Waals surface area contributed by atoms with Gasteiger partial charge in [-0.25, -0.2) is 17.7 Å². The van der Waals surface area contributed by atoms with E-state index in [0.717, 1.165) is 43.1 Å². The highest BCUT2D eigenvalue weighted by Crippen LogP contribution is 2.24. The van der Waals surface area contributed by atoms with Crippen molar-refractivity contribution in [1.82, 2.24) is 14.2 Å². The molecule has 3 rings (SSSR count). The smallest absolute Gasteiger partial charge is 0.242 e. The summed E-state index contributed by atoms with van der Waals surface area (Å²) in [5.41, 5.74) is 1.93. The van der Waals surface area contributed by atoms with Crippen LogP contribution in [0, 0.1) is 0 Å². The standard InChI is InChI=1S/C20H28N4O2S/c1-16(2)23-11-13-24(14-12-23)20-10-7-18(15-21-20)17-5-8-19(9-6-17)27(25,26)22(3)4/h5-10,15-16H,11-14H2,1-4H3. The number of piperazine rings is 1. The number of rotatable bonds is 5. The van der Waals surface area contributed by atoms with Crippen molar-refractivity contribution in [1.29, 1.82) is 0 Å². The number of pyridine rings is 1. The molecule has 1 aromatic carbocycles. The Labute approximate surface area is 162 Å².